The fourth-order valence-corrected chi connectivity index (χ4v) is 4.59. The second-order valence-corrected chi connectivity index (χ2v) is 8.23. The Morgan fingerprint density at radius 1 is 1.33 bits per heavy atom. The Bertz CT molecular complexity index is 840. The number of hydrogen-bond acceptors (Lipinski definition) is 5. The predicted octanol–water partition coefficient (Wildman–Crippen LogP) is 4.29. The normalized spacial score (nSPS) is 15.7. The summed E-state index contributed by atoms with van der Waals surface area (Å²) in [4.78, 5) is 26.8. The first kappa shape index (κ1) is 19.6. The Kier molecular flexibility index (Phi) is 5.99. The SMILES string of the molecule is CCC(C)OC(=O)c1c(NC(=O)C(C)n2nccc2C)sc2c1CCCC2. The van der Waals surface area contributed by atoms with Crippen molar-refractivity contribution in [3.05, 3.63) is 34.0 Å². The molecular formula is C20H27N3O3S. The highest BCUT2D eigenvalue weighted by Crippen LogP contribution is 2.39. The monoisotopic (exact) mass is 389 g/mol. The highest BCUT2D eigenvalue weighted by Gasteiger charge is 2.29. The average Bonchev–Trinajstić information content (AvgIpc) is 3.23. The van der Waals surface area contributed by atoms with E-state index in [1.807, 2.05) is 26.8 Å². The third-order valence-electron chi connectivity index (χ3n) is 5.11. The van der Waals surface area contributed by atoms with Crippen LogP contribution in [0.15, 0.2) is 12.3 Å². The van der Waals surface area contributed by atoms with Gasteiger partial charge in [0, 0.05) is 16.8 Å². The van der Waals surface area contributed by atoms with Crippen molar-refractivity contribution in [1.82, 2.24) is 9.78 Å². The minimum absolute atomic E-state index is 0.147. The largest absolute Gasteiger partial charge is 0.459 e. The molecule has 27 heavy (non-hydrogen) atoms. The van der Waals surface area contributed by atoms with Crippen LogP contribution < -0.4 is 5.32 Å². The van der Waals surface area contributed by atoms with E-state index >= 15 is 0 Å². The van der Waals surface area contributed by atoms with Crippen LogP contribution in [0.3, 0.4) is 0 Å². The van der Waals surface area contributed by atoms with Gasteiger partial charge in [0.15, 0.2) is 0 Å². The quantitative estimate of drug-likeness (QED) is 0.748. The van der Waals surface area contributed by atoms with E-state index in [0.29, 0.717) is 10.6 Å². The van der Waals surface area contributed by atoms with Crippen molar-refractivity contribution < 1.29 is 14.3 Å². The van der Waals surface area contributed by atoms with Gasteiger partial charge in [-0.25, -0.2) is 4.79 Å². The Balaban J connectivity index is 1.88. The number of aryl methyl sites for hydroxylation is 2. The van der Waals surface area contributed by atoms with Gasteiger partial charge in [0.1, 0.15) is 11.0 Å². The molecule has 2 aromatic rings. The van der Waals surface area contributed by atoms with Gasteiger partial charge in [-0.05, 0) is 64.5 Å². The van der Waals surface area contributed by atoms with E-state index in [0.717, 1.165) is 43.4 Å². The van der Waals surface area contributed by atoms with E-state index in [4.69, 9.17) is 4.74 Å². The van der Waals surface area contributed by atoms with Gasteiger partial charge in [0.05, 0.1) is 11.7 Å². The van der Waals surface area contributed by atoms with Crippen LogP contribution in [0.25, 0.3) is 0 Å². The lowest BCUT2D eigenvalue weighted by molar-refractivity contribution is -0.119. The number of nitrogens with one attached hydrogen (secondary N) is 1. The van der Waals surface area contributed by atoms with Crippen LogP contribution in [0.4, 0.5) is 5.00 Å². The number of carbonyl (C=O) groups excluding carboxylic acids is 2. The number of thiophene rings is 1. The molecule has 0 fully saturated rings. The minimum Gasteiger partial charge on any atom is -0.459 e. The number of carbonyl (C=O) groups is 2. The lowest BCUT2D eigenvalue weighted by Gasteiger charge is -2.16. The van der Waals surface area contributed by atoms with Gasteiger partial charge in [-0.2, -0.15) is 5.10 Å². The van der Waals surface area contributed by atoms with Crippen molar-refractivity contribution in [2.75, 3.05) is 5.32 Å². The number of amides is 1. The van der Waals surface area contributed by atoms with E-state index in [-0.39, 0.29) is 18.0 Å². The zero-order valence-corrected chi connectivity index (χ0v) is 17.2. The zero-order valence-electron chi connectivity index (χ0n) is 16.4. The Hall–Kier alpha value is -2.15. The highest BCUT2D eigenvalue weighted by atomic mass is 32.1. The molecule has 1 aliphatic carbocycles. The first-order valence-corrected chi connectivity index (χ1v) is 10.4. The van der Waals surface area contributed by atoms with Gasteiger partial charge in [0.25, 0.3) is 0 Å². The second-order valence-electron chi connectivity index (χ2n) is 7.12. The molecule has 1 aliphatic rings. The summed E-state index contributed by atoms with van der Waals surface area (Å²) in [6.45, 7) is 7.59. The third kappa shape index (κ3) is 4.08. The molecule has 6 nitrogen and oxygen atoms in total. The topological polar surface area (TPSA) is 73.2 Å². The number of hydrogen-bond donors (Lipinski definition) is 1. The number of fused-ring (bicyclic) bond motifs is 1. The van der Waals surface area contributed by atoms with E-state index in [9.17, 15) is 9.59 Å². The second kappa shape index (κ2) is 8.25. The maximum Gasteiger partial charge on any atom is 0.341 e. The maximum atomic E-state index is 12.8. The number of nitrogens with zero attached hydrogens (tertiary/aromatic N) is 2. The third-order valence-corrected chi connectivity index (χ3v) is 6.32. The average molecular weight is 390 g/mol. The summed E-state index contributed by atoms with van der Waals surface area (Å²) in [5.41, 5.74) is 2.52. The summed E-state index contributed by atoms with van der Waals surface area (Å²) in [5.74, 6) is -0.514. The predicted molar refractivity (Wildman–Crippen MR) is 106 cm³/mol. The molecule has 2 heterocycles. The first-order valence-electron chi connectivity index (χ1n) is 9.58. The number of aromatic nitrogens is 2. The molecule has 2 aromatic heterocycles. The van der Waals surface area contributed by atoms with Crippen molar-refractivity contribution in [2.45, 2.75) is 71.9 Å². The Morgan fingerprint density at radius 2 is 2.07 bits per heavy atom. The lowest BCUT2D eigenvalue weighted by Crippen LogP contribution is -2.26. The van der Waals surface area contributed by atoms with Crippen LogP contribution in [-0.2, 0) is 22.4 Å². The number of anilines is 1. The van der Waals surface area contributed by atoms with E-state index in [1.54, 1.807) is 17.8 Å². The molecule has 0 saturated carbocycles. The van der Waals surface area contributed by atoms with Crippen LogP contribution in [0.1, 0.15) is 72.6 Å². The van der Waals surface area contributed by atoms with Gasteiger partial charge in [-0.15, -0.1) is 11.3 Å². The van der Waals surface area contributed by atoms with Crippen molar-refractivity contribution >= 4 is 28.2 Å². The number of ether oxygens (including phenoxy) is 1. The molecule has 0 bridgehead atoms. The summed E-state index contributed by atoms with van der Waals surface area (Å²) < 4.78 is 7.26. The van der Waals surface area contributed by atoms with Gasteiger partial charge >= 0.3 is 5.97 Å². The first-order chi connectivity index (χ1) is 12.9. The summed E-state index contributed by atoms with van der Waals surface area (Å²) in [6, 6.07) is 1.40. The molecule has 0 radical (unpaired) electrons. The minimum atomic E-state index is -0.461. The number of esters is 1. The zero-order chi connectivity index (χ0) is 19.6. The van der Waals surface area contributed by atoms with Crippen molar-refractivity contribution in [1.29, 1.82) is 0 Å². The van der Waals surface area contributed by atoms with Gasteiger partial charge in [-0.3, -0.25) is 9.48 Å². The van der Waals surface area contributed by atoms with Crippen LogP contribution >= 0.6 is 11.3 Å². The van der Waals surface area contributed by atoms with Crippen LogP contribution in [0.2, 0.25) is 0 Å². The van der Waals surface area contributed by atoms with Crippen molar-refractivity contribution in [2.24, 2.45) is 0 Å². The molecule has 2 atom stereocenters. The Labute approximate surface area is 163 Å². The molecule has 3 rings (SSSR count). The number of rotatable bonds is 6. The molecule has 7 heteroatoms. The summed E-state index contributed by atoms with van der Waals surface area (Å²) >= 11 is 1.51. The summed E-state index contributed by atoms with van der Waals surface area (Å²) in [5, 5.41) is 7.80. The van der Waals surface area contributed by atoms with Crippen LogP contribution in [0.5, 0.6) is 0 Å². The molecular weight excluding hydrogens is 362 g/mol. The maximum absolute atomic E-state index is 12.8. The smallest absolute Gasteiger partial charge is 0.341 e. The molecule has 1 amide bonds. The lowest BCUT2D eigenvalue weighted by atomic mass is 9.95. The molecule has 2 unspecified atom stereocenters. The summed E-state index contributed by atoms with van der Waals surface area (Å²) in [6.07, 6.45) is 6.28. The molecule has 0 aliphatic heterocycles. The van der Waals surface area contributed by atoms with Gasteiger partial charge in [0.2, 0.25) is 5.91 Å². The van der Waals surface area contributed by atoms with E-state index in [1.165, 1.54) is 16.2 Å². The fourth-order valence-electron chi connectivity index (χ4n) is 3.31. The Morgan fingerprint density at radius 3 is 2.74 bits per heavy atom. The van der Waals surface area contributed by atoms with E-state index < -0.39 is 6.04 Å². The van der Waals surface area contributed by atoms with Crippen LogP contribution in [0, 0.1) is 6.92 Å². The molecule has 0 saturated heterocycles. The van der Waals surface area contributed by atoms with Crippen LogP contribution in [-0.4, -0.2) is 27.8 Å². The standard InChI is InChI=1S/C20H27N3O3S/c1-5-13(3)26-20(25)17-15-8-6-7-9-16(15)27-19(17)22-18(24)14(4)23-12(2)10-11-21-23/h10-11,13-14H,5-9H2,1-4H3,(H,22,24). The molecule has 0 spiro atoms. The van der Waals surface area contributed by atoms with Crippen molar-refractivity contribution in [3.63, 3.8) is 0 Å². The van der Waals surface area contributed by atoms with Crippen molar-refractivity contribution in [3.8, 4) is 0 Å². The summed E-state index contributed by atoms with van der Waals surface area (Å²) in [7, 11) is 0. The molecule has 0 aromatic carbocycles. The van der Waals surface area contributed by atoms with Gasteiger partial charge < -0.3 is 10.1 Å². The fraction of sp³-hybridized carbons (Fsp3) is 0.550. The molecule has 1 N–H and O–H groups in total. The molecule has 146 valence electrons. The highest BCUT2D eigenvalue weighted by molar-refractivity contribution is 7.17. The van der Waals surface area contributed by atoms with Gasteiger partial charge in [-0.1, -0.05) is 6.92 Å². The van der Waals surface area contributed by atoms with E-state index in [2.05, 4.69) is 10.4 Å².